The molecule has 1 saturated carbocycles. The molecule has 17 heavy (non-hydrogen) atoms. The van der Waals surface area contributed by atoms with E-state index in [0.717, 1.165) is 13.1 Å². The molecule has 0 spiro atoms. The van der Waals surface area contributed by atoms with E-state index in [0.29, 0.717) is 30.4 Å². The third kappa shape index (κ3) is 3.43. The van der Waals surface area contributed by atoms with E-state index in [9.17, 15) is 0 Å². The van der Waals surface area contributed by atoms with Crippen molar-refractivity contribution in [2.45, 2.75) is 46.2 Å². The first-order chi connectivity index (χ1) is 8.20. The summed E-state index contributed by atoms with van der Waals surface area (Å²) < 4.78 is 5.69. The Hall–Kier alpha value is -1.10. The Kier molecular flexibility index (Phi) is 3.99. The van der Waals surface area contributed by atoms with Crippen LogP contribution in [-0.2, 0) is 6.54 Å². The van der Waals surface area contributed by atoms with Gasteiger partial charge in [-0.25, -0.2) is 0 Å². The third-order valence-electron chi connectivity index (χ3n) is 2.78. The highest BCUT2D eigenvalue weighted by Gasteiger charge is 2.32. The Balaban J connectivity index is 1.99. The van der Waals surface area contributed by atoms with Gasteiger partial charge in [0.2, 0.25) is 5.89 Å². The molecule has 0 bridgehead atoms. The molecule has 0 aliphatic heterocycles. The molecule has 5 nitrogen and oxygen atoms in total. The second-order valence-corrected chi connectivity index (χ2v) is 5.04. The largest absolute Gasteiger partial charge is 0.407 e. The quantitative estimate of drug-likeness (QED) is 0.785. The summed E-state index contributed by atoms with van der Waals surface area (Å²) in [5, 5.41) is 11.4. The molecule has 1 fully saturated rings. The van der Waals surface area contributed by atoms with E-state index < -0.39 is 0 Å². The van der Waals surface area contributed by atoms with Gasteiger partial charge in [-0.2, -0.15) is 0 Å². The van der Waals surface area contributed by atoms with Crippen molar-refractivity contribution in [1.29, 1.82) is 0 Å². The van der Waals surface area contributed by atoms with Crippen LogP contribution in [0.2, 0.25) is 0 Å². The number of nitrogens with zero attached hydrogens (tertiary/aromatic N) is 3. The van der Waals surface area contributed by atoms with Crippen LogP contribution in [0.1, 0.15) is 39.5 Å². The van der Waals surface area contributed by atoms with Crippen LogP contribution < -0.4 is 10.2 Å². The molecule has 0 radical (unpaired) electrons. The van der Waals surface area contributed by atoms with Gasteiger partial charge in [-0.15, -0.1) is 5.10 Å². The topological polar surface area (TPSA) is 54.2 Å². The average Bonchev–Trinajstić information content (AvgIpc) is 3.02. The van der Waals surface area contributed by atoms with Gasteiger partial charge in [-0.1, -0.05) is 25.9 Å². The zero-order valence-electron chi connectivity index (χ0n) is 10.9. The molecule has 2 rings (SSSR count). The van der Waals surface area contributed by atoms with E-state index in [1.807, 2.05) is 0 Å². The highest BCUT2D eigenvalue weighted by Crippen LogP contribution is 2.31. The lowest BCUT2D eigenvalue weighted by atomic mass is 10.2. The minimum atomic E-state index is 0.611. The van der Waals surface area contributed by atoms with E-state index in [-0.39, 0.29) is 0 Å². The predicted molar refractivity (Wildman–Crippen MR) is 66.9 cm³/mol. The molecule has 0 amide bonds. The van der Waals surface area contributed by atoms with Crippen LogP contribution in [0.5, 0.6) is 0 Å². The van der Waals surface area contributed by atoms with E-state index >= 15 is 0 Å². The van der Waals surface area contributed by atoms with E-state index in [1.54, 1.807) is 0 Å². The lowest BCUT2D eigenvalue weighted by Crippen LogP contribution is -2.30. The number of nitrogens with one attached hydrogen (secondary N) is 1. The van der Waals surface area contributed by atoms with Crippen molar-refractivity contribution in [2.75, 3.05) is 18.0 Å². The summed E-state index contributed by atoms with van der Waals surface area (Å²) in [6, 6.07) is 1.30. The van der Waals surface area contributed by atoms with Gasteiger partial charge in [0.25, 0.3) is 0 Å². The van der Waals surface area contributed by atoms with E-state index in [1.165, 1.54) is 12.8 Å². The first-order valence-electron chi connectivity index (χ1n) is 6.50. The molecule has 0 unspecified atom stereocenters. The summed E-state index contributed by atoms with van der Waals surface area (Å²) in [6.45, 7) is 9.05. The normalized spacial score (nSPS) is 15.5. The Morgan fingerprint density at radius 3 is 2.76 bits per heavy atom. The monoisotopic (exact) mass is 238 g/mol. The van der Waals surface area contributed by atoms with Gasteiger partial charge >= 0.3 is 6.01 Å². The number of aromatic nitrogens is 2. The van der Waals surface area contributed by atoms with E-state index in [2.05, 4.69) is 41.2 Å². The Bertz CT molecular complexity index is 346. The van der Waals surface area contributed by atoms with Crippen molar-refractivity contribution >= 4 is 6.01 Å². The standard InChI is InChI=1S/C12H22N4O/c1-4-13-7-11-14-15-12(17-11)16(8-9(2)3)10-5-6-10/h9-10,13H,4-8H2,1-3H3. The molecule has 1 aliphatic rings. The number of rotatable bonds is 7. The molecule has 1 aliphatic carbocycles. The van der Waals surface area contributed by atoms with Gasteiger partial charge in [0.05, 0.1) is 6.54 Å². The average molecular weight is 238 g/mol. The first kappa shape index (κ1) is 12.4. The van der Waals surface area contributed by atoms with Crippen molar-refractivity contribution in [3.63, 3.8) is 0 Å². The number of hydrogen-bond donors (Lipinski definition) is 1. The predicted octanol–water partition coefficient (Wildman–Crippen LogP) is 1.80. The summed E-state index contributed by atoms with van der Waals surface area (Å²) >= 11 is 0. The molecule has 1 aromatic rings. The SMILES string of the molecule is CCNCc1nnc(N(CC(C)C)C2CC2)o1. The molecular weight excluding hydrogens is 216 g/mol. The lowest BCUT2D eigenvalue weighted by Gasteiger charge is -2.21. The highest BCUT2D eigenvalue weighted by atomic mass is 16.4. The zero-order chi connectivity index (χ0) is 12.3. The lowest BCUT2D eigenvalue weighted by molar-refractivity contribution is 0.453. The van der Waals surface area contributed by atoms with Crippen LogP contribution in [-0.4, -0.2) is 29.3 Å². The fourth-order valence-electron chi connectivity index (χ4n) is 1.83. The van der Waals surface area contributed by atoms with Crippen molar-refractivity contribution in [1.82, 2.24) is 15.5 Å². The fraction of sp³-hybridized carbons (Fsp3) is 0.833. The molecule has 1 N–H and O–H groups in total. The summed E-state index contributed by atoms with van der Waals surface area (Å²) in [4.78, 5) is 2.26. The maximum atomic E-state index is 5.69. The van der Waals surface area contributed by atoms with Gasteiger partial charge in [0, 0.05) is 12.6 Å². The Labute approximate surface area is 103 Å². The molecule has 96 valence electrons. The summed E-state index contributed by atoms with van der Waals surface area (Å²) in [5.41, 5.74) is 0. The maximum Gasteiger partial charge on any atom is 0.318 e. The second-order valence-electron chi connectivity index (χ2n) is 5.04. The summed E-state index contributed by atoms with van der Waals surface area (Å²) in [7, 11) is 0. The molecule has 0 saturated heterocycles. The molecule has 0 aromatic carbocycles. The summed E-state index contributed by atoms with van der Waals surface area (Å²) in [6.07, 6.45) is 2.50. The van der Waals surface area contributed by atoms with Crippen LogP contribution in [0.25, 0.3) is 0 Å². The minimum absolute atomic E-state index is 0.611. The maximum absolute atomic E-state index is 5.69. The van der Waals surface area contributed by atoms with E-state index in [4.69, 9.17) is 4.42 Å². The Morgan fingerprint density at radius 2 is 2.18 bits per heavy atom. The van der Waals surface area contributed by atoms with Crippen LogP contribution >= 0.6 is 0 Å². The van der Waals surface area contributed by atoms with Crippen molar-refractivity contribution in [3.8, 4) is 0 Å². The second kappa shape index (κ2) is 5.49. The number of anilines is 1. The van der Waals surface area contributed by atoms with Crippen LogP contribution in [0, 0.1) is 5.92 Å². The van der Waals surface area contributed by atoms with Gasteiger partial charge in [-0.05, 0) is 25.3 Å². The van der Waals surface area contributed by atoms with Crippen LogP contribution in [0.4, 0.5) is 6.01 Å². The molecular formula is C12H22N4O. The van der Waals surface area contributed by atoms with Crippen molar-refractivity contribution in [2.24, 2.45) is 5.92 Å². The number of hydrogen-bond acceptors (Lipinski definition) is 5. The fourth-order valence-corrected chi connectivity index (χ4v) is 1.83. The first-order valence-corrected chi connectivity index (χ1v) is 6.50. The molecule has 0 atom stereocenters. The van der Waals surface area contributed by atoms with Gasteiger partial charge in [0.15, 0.2) is 0 Å². The minimum Gasteiger partial charge on any atom is -0.407 e. The molecule has 1 heterocycles. The highest BCUT2D eigenvalue weighted by molar-refractivity contribution is 5.29. The zero-order valence-corrected chi connectivity index (χ0v) is 10.9. The van der Waals surface area contributed by atoms with Crippen molar-refractivity contribution < 1.29 is 4.42 Å². The smallest absolute Gasteiger partial charge is 0.318 e. The molecule has 1 aromatic heterocycles. The van der Waals surface area contributed by atoms with Crippen LogP contribution in [0.3, 0.4) is 0 Å². The van der Waals surface area contributed by atoms with Gasteiger partial charge in [-0.3, -0.25) is 0 Å². The van der Waals surface area contributed by atoms with Crippen molar-refractivity contribution in [3.05, 3.63) is 5.89 Å². The van der Waals surface area contributed by atoms with Gasteiger partial charge < -0.3 is 14.6 Å². The molecule has 5 heteroatoms. The van der Waals surface area contributed by atoms with Gasteiger partial charge in [0.1, 0.15) is 0 Å². The Morgan fingerprint density at radius 1 is 1.41 bits per heavy atom. The third-order valence-corrected chi connectivity index (χ3v) is 2.78. The van der Waals surface area contributed by atoms with Crippen LogP contribution in [0.15, 0.2) is 4.42 Å². The summed E-state index contributed by atoms with van der Waals surface area (Å²) in [5.74, 6) is 1.29.